The molecule has 0 saturated carbocycles. The number of ether oxygens (including phenoxy) is 1. The summed E-state index contributed by atoms with van der Waals surface area (Å²) >= 11 is 5.98. The molecule has 0 unspecified atom stereocenters. The van der Waals surface area contributed by atoms with E-state index >= 15 is 0 Å². The van der Waals surface area contributed by atoms with Gasteiger partial charge in [0, 0.05) is 17.8 Å². The standard InChI is InChI=1S/C21H27ClN2O5/c1-6-24-15(5)18(13(3)19(24)21(27)28-7-2)17(25)12-23(20(26)14(4)22)11-16-9-8-10-29-16/h8-10,14H,6-7,11-12H2,1-5H3/t14-/m0/s1. The van der Waals surface area contributed by atoms with E-state index in [1.165, 1.54) is 11.2 Å². The second kappa shape index (κ2) is 9.78. The Labute approximate surface area is 175 Å². The number of carbonyl (C=O) groups is 3. The van der Waals surface area contributed by atoms with Crippen molar-refractivity contribution >= 4 is 29.3 Å². The van der Waals surface area contributed by atoms with Crippen LogP contribution < -0.4 is 0 Å². The molecule has 0 spiro atoms. The molecule has 8 heteroatoms. The zero-order valence-corrected chi connectivity index (χ0v) is 18.2. The van der Waals surface area contributed by atoms with Crippen molar-refractivity contribution in [3.05, 3.63) is 46.7 Å². The first kappa shape index (κ1) is 22.7. The summed E-state index contributed by atoms with van der Waals surface area (Å²) in [6.07, 6.45) is 1.51. The Balaban J connectivity index is 2.38. The van der Waals surface area contributed by atoms with E-state index in [1.807, 2.05) is 6.92 Å². The maximum absolute atomic E-state index is 13.2. The number of amides is 1. The Hall–Kier alpha value is -2.54. The predicted molar refractivity (Wildman–Crippen MR) is 109 cm³/mol. The van der Waals surface area contributed by atoms with E-state index in [9.17, 15) is 14.4 Å². The van der Waals surface area contributed by atoms with Crippen molar-refractivity contribution in [1.82, 2.24) is 9.47 Å². The lowest BCUT2D eigenvalue weighted by Gasteiger charge is -2.22. The monoisotopic (exact) mass is 422 g/mol. The van der Waals surface area contributed by atoms with Gasteiger partial charge >= 0.3 is 5.97 Å². The van der Waals surface area contributed by atoms with Crippen LogP contribution in [0.1, 0.15) is 58.6 Å². The number of nitrogens with zero attached hydrogens (tertiary/aromatic N) is 2. The molecule has 2 aromatic rings. The molecule has 0 N–H and O–H groups in total. The van der Waals surface area contributed by atoms with E-state index < -0.39 is 11.3 Å². The Kier molecular flexibility index (Phi) is 7.67. The van der Waals surface area contributed by atoms with E-state index in [-0.39, 0.29) is 31.4 Å². The molecule has 29 heavy (non-hydrogen) atoms. The lowest BCUT2D eigenvalue weighted by molar-refractivity contribution is -0.130. The summed E-state index contributed by atoms with van der Waals surface area (Å²) in [5, 5.41) is -0.782. The van der Waals surface area contributed by atoms with Gasteiger partial charge in [-0.1, -0.05) is 0 Å². The number of aromatic nitrogens is 1. The van der Waals surface area contributed by atoms with Crippen molar-refractivity contribution in [3.8, 4) is 0 Å². The molecular formula is C21H27ClN2O5. The number of carbonyl (C=O) groups excluding carboxylic acids is 3. The summed E-state index contributed by atoms with van der Waals surface area (Å²) in [4.78, 5) is 39.5. The van der Waals surface area contributed by atoms with E-state index in [2.05, 4.69) is 0 Å². The maximum atomic E-state index is 13.2. The molecular weight excluding hydrogens is 396 g/mol. The van der Waals surface area contributed by atoms with E-state index in [0.29, 0.717) is 34.8 Å². The van der Waals surface area contributed by atoms with Gasteiger partial charge in [-0.15, -0.1) is 11.6 Å². The molecule has 158 valence electrons. The quantitative estimate of drug-likeness (QED) is 0.349. The van der Waals surface area contributed by atoms with Crippen LogP contribution in [0.3, 0.4) is 0 Å². The first-order valence-corrected chi connectivity index (χ1v) is 10.0. The Morgan fingerprint density at radius 1 is 1.28 bits per heavy atom. The van der Waals surface area contributed by atoms with Crippen molar-refractivity contribution in [1.29, 1.82) is 0 Å². The van der Waals surface area contributed by atoms with Crippen LogP contribution in [0, 0.1) is 13.8 Å². The van der Waals surface area contributed by atoms with Gasteiger partial charge in [-0.2, -0.15) is 0 Å². The molecule has 0 fully saturated rings. The highest BCUT2D eigenvalue weighted by Crippen LogP contribution is 2.24. The topological polar surface area (TPSA) is 81.8 Å². The third kappa shape index (κ3) is 4.90. The fraction of sp³-hybridized carbons (Fsp3) is 0.476. The van der Waals surface area contributed by atoms with Crippen LogP contribution in [-0.4, -0.2) is 45.7 Å². The van der Waals surface area contributed by atoms with Gasteiger partial charge in [-0.05, 0) is 52.3 Å². The number of alkyl halides is 1. The number of rotatable bonds is 9. The molecule has 0 bridgehead atoms. The molecule has 0 radical (unpaired) electrons. The van der Waals surface area contributed by atoms with Crippen LogP contribution in [0.4, 0.5) is 0 Å². The van der Waals surface area contributed by atoms with Crippen molar-refractivity contribution in [2.45, 2.75) is 53.1 Å². The minimum atomic E-state index is -0.782. The van der Waals surface area contributed by atoms with Gasteiger partial charge < -0.3 is 18.6 Å². The zero-order chi connectivity index (χ0) is 21.7. The molecule has 1 atom stereocenters. The average molecular weight is 423 g/mol. The molecule has 2 heterocycles. The number of halogens is 1. The highest BCUT2D eigenvalue weighted by molar-refractivity contribution is 6.30. The van der Waals surface area contributed by atoms with Crippen LogP contribution in [0.15, 0.2) is 22.8 Å². The van der Waals surface area contributed by atoms with Gasteiger partial charge in [-0.3, -0.25) is 9.59 Å². The summed E-state index contributed by atoms with van der Waals surface area (Å²) in [5.41, 5.74) is 2.01. The Morgan fingerprint density at radius 2 is 1.97 bits per heavy atom. The van der Waals surface area contributed by atoms with Crippen molar-refractivity contribution in [2.24, 2.45) is 0 Å². The van der Waals surface area contributed by atoms with Crippen molar-refractivity contribution < 1.29 is 23.5 Å². The number of hydrogen-bond donors (Lipinski definition) is 0. The molecule has 0 aromatic carbocycles. The number of esters is 1. The number of hydrogen-bond acceptors (Lipinski definition) is 5. The van der Waals surface area contributed by atoms with Crippen molar-refractivity contribution in [3.63, 3.8) is 0 Å². The molecule has 0 aliphatic carbocycles. The highest BCUT2D eigenvalue weighted by Gasteiger charge is 2.29. The summed E-state index contributed by atoms with van der Waals surface area (Å²) in [6.45, 7) is 9.42. The van der Waals surface area contributed by atoms with E-state index in [1.54, 1.807) is 44.4 Å². The van der Waals surface area contributed by atoms with Gasteiger partial charge in [-0.25, -0.2) is 4.79 Å². The third-order valence-corrected chi connectivity index (χ3v) is 4.93. The SMILES string of the molecule is CCOC(=O)c1c(C)c(C(=O)CN(Cc2ccco2)C(=O)[C@H](C)Cl)c(C)n1CC. The summed E-state index contributed by atoms with van der Waals surface area (Å²) in [6, 6.07) is 3.44. The second-order valence-electron chi connectivity index (χ2n) is 6.71. The number of ketones is 1. The largest absolute Gasteiger partial charge is 0.467 e. The van der Waals surface area contributed by atoms with Crippen LogP contribution in [0.25, 0.3) is 0 Å². The molecule has 1 amide bonds. The smallest absolute Gasteiger partial charge is 0.355 e. The van der Waals surface area contributed by atoms with E-state index in [0.717, 1.165) is 0 Å². The van der Waals surface area contributed by atoms with Crippen LogP contribution in [-0.2, 0) is 22.6 Å². The van der Waals surface area contributed by atoms with Crippen LogP contribution >= 0.6 is 11.6 Å². The van der Waals surface area contributed by atoms with E-state index in [4.69, 9.17) is 20.8 Å². The number of Topliss-reactive ketones (excluding diaryl/α,β-unsaturated/α-hetero) is 1. The summed E-state index contributed by atoms with van der Waals surface area (Å²) in [5.74, 6) is -0.551. The Bertz CT molecular complexity index is 884. The average Bonchev–Trinajstić information content (AvgIpc) is 3.25. The summed E-state index contributed by atoms with van der Waals surface area (Å²) in [7, 11) is 0. The minimum Gasteiger partial charge on any atom is -0.467 e. The molecule has 2 aromatic heterocycles. The lowest BCUT2D eigenvalue weighted by Crippen LogP contribution is -2.39. The molecule has 7 nitrogen and oxygen atoms in total. The molecule has 2 rings (SSSR count). The van der Waals surface area contributed by atoms with Crippen molar-refractivity contribution in [2.75, 3.05) is 13.2 Å². The van der Waals surface area contributed by atoms with Gasteiger partial charge in [0.05, 0.1) is 26.0 Å². The molecule has 0 aliphatic rings. The molecule has 0 saturated heterocycles. The fourth-order valence-corrected chi connectivity index (χ4v) is 3.61. The number of furan rings is 1. The lowest BCUT2D eigenvalue weighted by atomic mass is 10.0. The first-order chi connectivity index (χ1) is 13.7. The van der Waals surface area contributed by atoms with Gasteiger partial charge in [0.1, 0.15) is 16.8 Å². The fourth-order valence-electron chi connectivity index (χ4n) is 3.47. The Morgan fingerprint density at radius 3 is 2.48 bits per heavy atom. The van der Waals surface area contributed by atoms with Gasteiger partial charge in [0.25, 0.3) is 0 Å². The van der Waals surface area contributed by atoms with Gasteiger partial charge in [0.2, 0.25) is 5.91 Å². The highest BCUT2D eigenvalue weighted by atomic mass is 35.5. The zero-order valence-electron chi connectivity index (χ0n) is 17.5. The molecule has 0 aliphatic heterocycles. The summed E-state index contributed by atoms with van der Waals surface area (Å²) < 4.78 is 12.2. The van der Waals surface area contributed by atoms with Gasteiger partial charge in [0.15, 0.2) is 5.78 Å². The third-order valence-electron chi connectivity index (χ3n) is 4.74. The predicted octanol–water partition coefficient (Wildman–Crippen LogP) is 3.73. The second-order valence-corrected chi connectivity index (χ2v) is 7.37. The van der Waals surface area contributed by atoms with Crippen LogP contribution in [0.2, 0.25) is 0 Å². The first-order valence-electron chi connectivity index (χ1n) is 9.58. The normalized spacial score (nSPS) is 11.9. The maximum Gasteiger partial charge on any atom is 0.355 e. The minimum absolute atomic E-state index is 0.131. The van der Waals surface area contributed by atoms with Crippen LogP contribution in [0.5, 0.6) is 0 Å².